The van der Waals surface area contributed by atoms with E-state index in [1.807, 2.05) is 60.7 Å². The SMILES string of the molecule is O=C(NN1CCCC/C=C\[C@@H]2C[C@]2(C(=O)NS(=O)(=O)c2cccs2)NC(=O)[C@@H]2C[C@@H](ON=C3c4ccccc4-c4ccccc43)CN2C1=O)OC1CCC1. The van der Waals surface area contributed by atoms with E-state index in [9.17, 15) is 27.6 Å². The van der Waals surface area contributed by atoms with E-state index in [1.165, 1.54) is 16.0 Å². The van der Waals surface area contributed by atoms with Gasteiger partial charge in [0, 0.05) is 30.0 Å². The third-order valence-electron chi connectivity index (χ3n) is 10.7. The molecule has 0 unspecified atom stereocenters. The summed E-state index contributed by atoms with van der Waals surface area (Å²) in [6.45, 7) is 0.108. The molecule has 8 rings (SSSR count). The minimum absolute atomic E-state index is 0.0176. The van der Waals surface area contributed by atoms with Crippen LogP contribution in [0.15, 0.2) is 87.6 Å². The number of amides is 5. The van der Waals surface area contributed by atoms with E-state index in [4.69, 9.17) is 9.57 Å². The maximum Gasteiger partial charge on any atom is 0.426 e. The smallest absolute Gasteiger partial charge is 0.426 e. The minimum atomic E-state index is -4.19. The molecule has 5 aliphatic rings. The third-order valence-corrected chi connectivity index (χ3v) is 13.4. The molecule has 0 bridgehead atoms. The van der Waals surface area contributed by atoms with E-state index in [0.717, 1.165) is 52.9 Å². The molecule has 2 aliphatic heterocycles. The van der Waals surface area contributed by atoms with Gasteiger partial charge in [0.15, 0.2) is 0 Å². The summed E-state index contributed by atoms with van der Waals surface area (Å²) in [5.74, 6) is -1.98. The molecule has 3 heterocycles. The Morgan fingerprint density at radius 2 is 1.65 bits per heavy atom. The zero-order chi connectivity index (χ0) is 37.5. The summed E-state index contributed by atoms with van der Waals surface area (Å²) < 4.78 is 33.8. The van der Waals surface area contributed by atoms with Gasteiger partial charge >= 0.3 is 12.1 Å². The lowest BCUT2D eigenvalue weighted by Crippen LogP contribution is -2.59. The minimum Gasteiger partial charge on any atom is -0.445 e. The van der Waals surface area contributed by atoms with Crippen molar-refractivity contribution in [3.8, 4) is 11.1 Å². The van der Waals surface area contributed by atoms with E-state index in [-0.39, 0.29) is 36.2 Å². The second kappa shape index (κ2) is 14.5. The molecular formula is C38H40N6O8S2. The van der Waals surface area contributed by atoms with Gasteiger partial charge in [0.25, 0.3) is 15.9 Å². The van der Waals surface area contributed by atoms with Crippen molar-refractivity contribution in [2.75, 3.05) is 13.1 Å². The number of thiophene rings is 1. The lowest BCUT2D eigenvalue weighted by Gasteiger charge is -2.33. The number of urea groups is 1. The normalized spacial score (nSPS) is 25.8. The Morgan fingerprint density at radius 1 is 0.926 bits per heavy atom. The molecule has 0 spiro atoms. The average molecular weight is 773 g/mol. The molecule has 5 amide bonds. The van der Waals surface area contributed by atoms with Crippen LogP contribution >= 0.6 is 11.3 Å². The van der Waals surface area contributed by atoms with Crippen molar-refractivity contribution < 1.29 is 37.2 Å². The molecule has 0 radical (unpaired) electrons. The van der Waals surface area contributed by atoms with E-state index in [0.29, 0.717) is 25.0 Å². The Balaban J connectivity index is 1.08. The van der Waals surface area contributed by atoms with Crippen molar-refractivity contribution in [3.63, 3.8) is 0 Å². The van der Waals surface area contributed by atoms with Gasteiger partial charge < -0.3 is 19.8 Å². The Hall–Kier alpha value is -5.22. The zero-order valence-electron chi connectivity index (χ0n) is 29.3. The van der Waals surface area contributed by atoms with Gasteiger partial charge in [0.1, 0.15) is 33.7 Å². The summed E-state index contributed by atoms with van der Waals surface area (Å²) in [6.07, 6.45) is 6.44. The lowest BCUT2D eigenvalue weighted by atomic mass is 9.96. The maximum absolute atomic E-state index is 14.3. The highest BCUT2D eigenvalue weighted by Gasteiger charge is 2.62. The summed E-state index contributed by atoms with van der Waals surface area (Å²) in [4.78, 5) is 62.8. The first-order valence-electron chi connectivity index (χ1n) is 18.2. The van der Waals surface area contributed by atoms with E-state index in [1.54, 1.807) is 11.4 Å². The Morgan fingerprint density at radius 3 is 2.31 bits per heavy atom. The van der Waals surface area contributed by atoms with Crippen molar-refractivity contribution in [2.24, 2.45) is 11.1 Å². The number of sulfonamides is 1. The first-order valence-corrected chi connectivity index (χ1v) is 20.6. The molecule has 2 aromatic carbocycles. The number of benzene rings is 2. The number of carbonyl (C=O) groups excluding carboxylic acids is 4. The summed E-state index contributed by atoms with van der Waals surface area (Å²) >= 11 is 0.969. The number of hydrogen-bond donors (Lipinski definition) is 3. The molecule has 3 aromatic rings. The van der Waals surface area contributed by atoms with Crippen molar-refractivity contribution >= 4 is 51.0 Å². The molecular weight excluding hydrogens is 733 g/mol. The van der Waals surface area contributed by atoms with Gasteiger partial charge in [0.2, 0.25) is 5.91 Å². The molecule has 1 saturated heterocycles. The van der Waals surface area contributed by atoms with Crippen LogP contribution < -0.4 is 15.5 Å². The van der Waals surface area contributed by atoms with Gasteiger partial charge in [-0.2, -0.15) is 0 Å². The van der Waals surface area contributed by atoms with Gasteiger partial charge in [0.05, 0.1) is 6.54 Å². The topological polar surface area (TPSA) is 176 Å². The largest absolute Gasteiger partial charge is 0.445 e. The lowest BCUT2D eigenvalue weighted by molar-refractivity contribution is -0.131. The van der Waals surface area contributed by atoms with Crippen molar-refractivity contribution in [1.29, 1.82) is 0 Å². The Labute approximate surface area is 316 Å². The number of hydrazine groups is 1. The molecule has 14 nitrogen and oxygen atoms in total. The Bertz CT molecular complexity index is 2090. The fourth-order valence-electron chi connectivity index (χ4n) is 7.44. The fourth-order valence-corrected chi connectivity index (χ4v) is 9.47. The van der Waals surface area contributed by atoms with Crippen LogP contribution in [0.4, 0.5) is 9.59 Å². The van der Waals surface area contributed by atoms with Crippen LogP contribution in [0.3, 0.4) is 0 Å². The first kappa shape index (κ1) is 35.8. The molecule has 282 valence electrons. The fraction of sp³-hybridized carbons (Fsp3) is 0.395. The second-order valence-corrected chi connectivity index (χ2v) is 17.1. The van der Waals surface area contributed by atoms with E-state index >= 15 is 0 Å². The molecule has 4 atom stereocenters. The van der Waals surface area contributed by atoms with Gasteiger partial charge in [-0.3, -0.25) is 9.59 Å². The molecule has 3 N–H and O–H groups in total. The zero-order valence-corrected chi connectivity index (χ0v) is 30.9. The standard InChI is InChI=1S/C38H40N6O8S2/c45-34-31-21-26(52-41-33-29-16-6-4-14-27(29)28-15-5-7-17-30(28)33)23-43(31)37(48)44(40-36(47)51-25-12-9-13-25)19-8-2-1-3-11-24-22-38(24,39-34)35(46)42-54(49,50)32-18-10-20-53-32/h3-7,10-11,14-18,20,24-26,31H,1-2,8-9,12-13,19,21-23H2,(H,39,45)(H,40,47)(H,42,46)/b11-3-/t24-,26-,31+,38+/m1/s1. The number of allylic oxidation sites excluding steroid dienone is 1. The van der Waals surface area contributed by atoms with Crippen LogP contribution in [0.5, 0.6) is 0 Å². The molecule has 1 aromatic heterocycles. The molecule has 2 saturated carbocycles. The highest BCUT2D eigenvalue weighted by atomic mass is 32.2. The predicted molar refractivity (Wildman–Crippen MR) is 198 cm³/mol. The van der Waals surface area contributed by atoms with Crippen LogP contribution in [0.25, 0.3) is 11.1 Å². The predicted octanol–water partition coefficient (Wildman–Crippen LogP) is 4.68. The number of rotatable bonds is 7. The van der Waals surface area contributed by atoms with Gasteiger partial charge in [-0.25, -0.2) is 33.2 Å². The maximum atomic E-state index is 14.3. The van der Waals surface area contributed by atoms with E-state index < -0.39 is 57.6 Å². The van der Waals surface area contributed by atoms with Crippen LogP contribution in [-0.2, 0) is 29.2 Å². The molecule has 3 fully saturated rings. The summed E-state index contributed by atoms with van der Waals surface area (Å²) in [7, 11) is -4.19. The highest BCUT2D eigenvalue weighted by Crippen LogP contribution is 2.46. The van der Waals surface area contributed by atoms with E-state index in [2.05, 4.69) is 20.6 Å². The van der Waals surface area contributed by atoms with Crippen molar-refractivity contribution in [1.82, 2.24) is 25.4 Å². The van der Waals surface area contributed by atoms with Crippen LogP contribution in [-0.4, -0.2) is 84.9 Å². The average Bonchev–Trinajstić information content (AvgIpc) is 3.54. The van der Waals surface area contributed by atoms with Crippen LogP contribution in [0, 0.1) is 5.92 Å². The number of carbonyl (C=O) groups is 4. The molecule has 3 aliphatic carbocycles. The number of oxime groups is 1. The number of hydrogen-bond acceptors (Lipinski definition) is 10. The van der Waals surface area contributed by atoms with Crippen LogP contribution in [0.1, 0.15) is 62.5 Å². The quantitative estimate of drug-likeness (QED) is 0.179. The summed E-state index contributed by atoms with van der Waals surface area (Å²) in [5.41, 5.74) is 5.49. The second-order valence-electron chi connectivity index (χ2n) is 14.2. The van der Waals surface area contributed by atoms with Gasteiger partial charge in [-0.05, 0) is 67.5 Å². The summed E-state index contributed by atoms with van der Waals surface area (Å²) in [5, 5.41) is 10.2. The van der Waals surface area contributed by atoms with Crippen LogP contribution in [0.2, 0.25) is 0 Å². The number of nitrogens with one attached hydrogen (secondary N) is 3. The number of fused-ring (bicyclic) bond motifs is 5. The molecule has 54 heavy (non-hydrogen) atoms. The molecule has 16 heteroatoms. The third kappa shape index (κ3) is 6.95. The van der Waals surface area contributed by atoms with Gasteiger partial charge in [-0.1, -0.05) is 71.9 Å². The van der Waals surface area contributed by atoms with Crippen molar-refractivity contribution in [3.05, 3.63) is 89.3 Å². The monoisotopic (exact) mass is 772 g/mol. The van der Waals surface area contributed by atoms with Crippen molar-refractivity contribution in [2.45, 2.75) is 79.4 Å². The highest BCUT2D eigenvalue weighted by molar-refractivity contribution is 7.92. The first-order chi connectivity index (χ1) is 26.1. The van der Waals surface area contributed by atoms with Gasteiger partial charge in [-0.15, -0.1) is 11.3 Å². The summed E-state index contributed by atoms with van der Waals surface area (Å²) in [6, 6.07) is 16.9. The number of ether oxygens (including phenoxy) is 1. The Kier molecular flexibility index (Phi) is 9.64. The number of nitrogens with zero attached hydrogens (tertiary/aromatic N) is 3.